The lowest BCUT2D eigenvalue weighted by atomic mass is 10.0. The molecule has 0 N–H and O–H groups in total. The van der Waals surface area contributed by atoms with E-state index in [2.05, 4.69) is 26.0 Å². The average molecular weight is 256 g/mol. The van der Waals surface area contributed by atoms with E-state index in [-0.39, 0.29) is 0 Å². The van der Waals surface area contributed by atoms with Crippen molar-refractivity contribution in [1.82, 2.24) is 0 Å². The molecule has 0 aliphatic heterocycles. The highest BCUT2D eigenvalue weighted by molar-refractivity contribution is 6.08. The average Bonchev–Trinajstić information content (AvgIpc) is 2.80. The van der Waals surface area contributed by atoms with Crippen LogP contribution in [0.3, 0.4) is 0 Å². The number of rotatable bonds is 2. The van der Waals surface area contributed by atoms with E-state index < -0.39 is 0 Å². The van der Waals surface area contributed by atoms with Gasteiger partial charge in [-0.1, -0.05) is 12.1 Å². The molecule has 1 aromatic heterocycles. The zero-order valence-corrected chi connectivity index (χ0v) is 11.5. The smallest absolute Gasteiger partial charge is 0.164 e. The minimum Gasteiger partial charge on any atom is -0.493 e. The molecule has 0 amide bonds. The standard InChI is InChI=1S/C16H16O3/c1-9-5-6-10(2)16-15(9)11-7-13(17-3)14(18-4)8-12(11)19-16/h5-8H,1-4H3. The van der Waals surface area contributed by atoms with E-state index in [1.54, 1.807) is 14.2 Å². The summed E-state index contributed by atoms with van der Waals surface area (Å²) >= 11 is 0. The first-order valence-corrected chi connectivity index (χ1v) is 6.20. The molecule has 0 spiro atoms. The molecule has 0 aliphatic rings. The van der Waals surface area contributed by atoms with Crippen molar-refractivity contribution in [3.8, 4) is 11.5 Å². The molecule has 3 aromatic rings. The van der Waals surface area contributed by atoms with E-state index in [1.807, 2.05) is 12.1 Å². The van der Waals surface area contributed by atoms with Crippen LogP contribution in [0.25, 0.3) is 21.9 Å². The van der Waals surface area contributed by atoms with E-state index in [1.165, 1.54) is 5.56 Å². The molecule has 98 valence electrons. The largest absolute Gasteiger partial charge is 0.493 e. The Morgan fingerprint density at radius 3 is 2.21 bits per heavy atom. The zero-order valence-electron chi connectivity index (χ0n) is 11.5. The third-order valence-corrected chi connectivity index (χ3v) is 3.53. The van der Waals surface area contributed by atoms with E-state index in [0.717, 1.165) is 33.3 Å². The lowest BCUT2D eigenvalue weighted by Gasteiger charge is -2.06. The number of furan rings is 1. The number of aryl methyl sites for hydroxylation is 2. The highest BCUT2D eigenvalue weighted by Gasteiger charge is 2.15. The third kappa shape index (κ3) is 1.65. The van der Waals surface area contributed by atoms with Gasteiger partial charge in [0.25, 0.3) is 0 Å². The fourth-order valence-corrected chi connectivity index (χ4v) is 2.50. The Bertz CT molecular complexity index is 769. The Morgan fingerprint density at radius 1 is 0.895 bits per heavy atom. The van der Waals surface area contributed by atoms with Gasteiger partial charge in [-0.2, -0.15) is 0 Å². The van der Waals surface area contributed by atoms with Crippen molar-refractivity contribution >= 4 is 21.9 Å². The summed E-state index contributed by atoms with van der Waals surface area (Å²) in [7, 11) is 3.27. The van der Waals surface area contributed by atoms with Crippen LogP contribution in [-0.2, 0) is 0 Å². The molecule has 0 unspecified atom stereocenters. The Morgan fingerprint density at radius 2 is 1.53 bits per heavy atom. The van der Waals surface area contributed by atoms with Crippen LogP contribution >= 0.6 is 0 Å². The summed E-state index contributed by atoms with van der Waals surface area (Å²) in [4.78, 5) is 0. The molecule has 0 radical (unpaired) electrons. The Labute approximate surface area is 111 Å². The van der Waals surface area contributed by atoms with Crippen molar-refractivity contribution in [3.63, 3.8) is 0 Å². The second kappa shape index (κ2) is 4.19. The van der Waals surface area contributed by atoms with Gasteiger partial charge < -0.3 is 13.9 Å². The van der Waals surface area contributed by atoms with Crippen LogP contribution in [0.2, 0.25) is 0 Å². The van der Waals surface area contributed by atoms with Gasteiger partial charge in [0, 0.05) is 16.8 Å². The molecule has 2 aromatic carbocycles. The van der Waals surface area contributed by atoms with Gasteiger partial charge in [0.2, 0.25) is 0 Å². The summed E-state index contributed by atoms with van der Waals surface area (Å²) in [6, 6.07) is 8.05. The van der Waals surface area contributed by atoms with Crippen molar-refractivity contribution in [1.29, 1.82) is 0 Å². The minimum atomic E-state index is 0.685. The van der Waals surface area contributed by atoms with Crippen LogP contribution in [0.1, 0.15) is 11.1 Å². The number of hydrogen-bond acceptors (Lipinski definition) is 3. The van der Waals surface area contributed by atoms with Crippen LogP contribution in [0.15, 0.2) is 28.7 Å². The third-order valence-electron chi connectivity index (χ3n) is 3.53. The predicted octanol–water partition coefficient (Wildman–Crippen LogP) is 4.22. The van der Waals surface area contributed by atoms with E-state index >= 15 is 0 Å². The molecule has 3 heteroatoms. The van der Waals surface area contributed by atoms with Gasteiger partial charge >= 0.3 is 0 Å². The highest BCUT2D eigenvalue weighted by Crippen LogP contribution is 2.39. The van der Waals surface area contributed by atoms with Gasteiger partial charge in [-0.3, -0.25) is 0 Å². The first-order valence-electron chi connectivity index (χ1n) is 6.20. The molecular weight excluding hydrogens is 240 g/mol. The van der Waals surface area contributed by atoms with Crippen LogP contribution in [0, 0.1) is 13.8 Å². The van der Waals surface area contributed by atoms with E-state index in [0.29, 0.717) is 5.75 Å². The zero-order chi connectivity index (χ0) is 13.6. The number of benzene rings is 2. The van der Waals surface area contributed by atoms with Crippen LogP contribution in [-0.4, -0.2) is 14.2 Å². The van der Waals surface area contributed by atoms with Crippen molar-refractivity contribution in [2.45, 2.75) is 13.8 Å². The molecule has 19 heavy (non-hydrogen) atoms. The number of hydrogen-bond donors (Lipinski definition) is 0. The second-order valence-electron chi connectivity index (χ2n) is 4.71. The summed E-state index contributed by atoms with van der Waals surface area (Å²) in [5, 5.41) is 2.21. The first-order chi connectivity index (χ1) is 9.15. The summed E-state index contributed by atoms with van der Waals surface area (Å²) in [6.07, 6.45) is 0. The van der Waals surface area contributed by atoms with Crippen molar-refractivity contribution < 1.29 is 13.9 Å². The van der Waals surface area contributed by atoms with Gasteiger partial charge in [-0.25, -0.2) is 0 Å². The molecule has 0 saturated carbocycles. The van der Waals surface area contributed by atoms with Gasteiger partial charge in [0.05, 0.1) is 14.2 Å². The quantitative estimate of drug-likeness (QED) is 0.688. The normalized spacial score (nSPS) is 11.2. The van der Waals surface area contributed by atoms with Crippen molar-refractivity contribution in [2.75, 3.05) is 14.2 Å². The summed E-state index contributed by atoms with van der Waals surface area (Å²) in [5.74, 6) is 1.41. The Hall–Kier alpha value is -2.16. The van der Waals surface area contributed by atoms with Crippen molar-refractivity contribution in [2.24, 2.45) is 0 Å². The van der Waals surface area contributed by atoms with E-state index in [4.69, 9.17) is 13.9 Å². The number of methoxy groups -OCH3 is 2. The van der Waals surface area contributed by atoms with Crippen LogP contribution < -0.4 is 9.47 Å². The summed E-state index contributed by atoms with van der Waals surface area (Å²) in [5.41, 5.74) is 4.09. The first kappa shape index (κ1) is 11.9. The fraction of sp³-hybridized carbons (Fsp3) is 0.250. The van der Waals surface area contributed by atoms with Gasteiger partial charge in [0.15, 0.2) is 11.5 Å². The maximum atomic E-state index is 5.97. The molecule has 1 heterocycles. The minimum absolute atomic E-state index is 0.685. The molecule has 0 bridgehead atoms. The van der Waals surface area contributed by atoms with E-state index in [9.17, 15) is 0 Å². The maximum absolute atomic E-state index is 5.97. The lowest BCUT2D eigenvalue weighted by Crippen LogP contribution is -1.89. The topological polar surface area (TPSA) is 31.6 Å². The maximum Gasteiger partial charge on any atom is 0.164 e. The molecule has 0 saturated heterocycles. The SMILES string of the molecule is COc1cc2oc3c(C)ccc(C)c3c2cc1OC. The van der Waals surface area contributed by atoms with Crippen LogP contribution in [0.4, 0.5) is 0 Å². The Kier molecular flexibility index (Phi) is 2.63. The summed E-state index contributed by atoms with van der Waals surface area (Å²) < 4.78 is 16.7. The molecule has 0 fully saturated rings. The van der Waals surface area contributed by atoms with Gasteiger partial charge in [-0.05, 0) is 31.0 Å². The predicted molar refractivity (Wildman–Crippen MR) is 76.3 cm³/mol. The second-order valence-corrected chi connectivity index (χ2v) is 4.71. The van der Waals surface area contributed by atoms with Gasteiger partial charge in [0.1, 0.15) is 11.2 Å². The monoisotopic (exact) mass is 256 g/mol. The molecule has 0 atom stereocenters. The number of fused-ring (bicyclic) bond motifs is 3. The molecular formula is C16H16O3. The fourth-order valence-electron chi connectivity index (χ4n) is 2.50. The highest BCUT2D eigenvalue weighted by atomic mass is 16.5. The van der Waals surface area contributed by atoms with Gasteiger partial charge in [-0.15, -0.1) is 0 Å². The molecule has 3 rings (SSSR count). The summed E-state index contributed by atoms with van der Waals surface area (Å²) in [6.45, 7) is 4.14. The molecule has 0 aliphatic carbocycles. The Balaban J connectivity index is 2.48. The van der Waals surface area contributed by atoms with Crippen molar-refractivity contribution in [3.05, 3.63) is 35.4 Å². The van der Waals surface area contributed by atoms with Crippen LogP contribution in [0.5, 0.6) is 11.5 Å². The molecule has 3 nitrogen and oxygen atoms in total. The number of ether oxygens (including phenoxy) is 2. The lowest BCUT2D eigenvalue weighted by molar-refractivity contribution is 0.355.